The van der Waals surface area contributed by atoms with Crippen LogP contribution < -0.4 is 5.32 Å². The molecule has 164 valence electrons. The number of rotatable bonds is 6. The fraction of sp³-hybridized carbons (Fsp3) is 0.292. The number of nitrogens with one attached hydrogen (secondary N) is 1. The fourth-order valence-corrected chi connectivity index (χ4v) is 3.65. The molecule has 0 unspecified atom stereocenters. The maximum absolute atomic E-state index is 12.7. The standard InChI is InChI=1S/C24H27N7O/c1-15(2)20-8-6-7-9-21(20)31-18(5)27-23(29-31)24(32)26-14-19-10-11-22(25-13-19)30-17(4)12-16(3)28-30/h6-13,15H,14H2,1-5H3,(H,26,32). The van der Waals surface area contributed by atoms with E-state index >= 15 is 0 Å². The largest absolute Gasteiger partial charge is 0.345 e. The maximum atomic E-state index is 12.7. The van der Waals surface area contributed by atoms with Crippen molar-refractivity contribution in [3.8, 4) is 11.5 Å². The van der Waals surface area contributed by atoms with Gasteiger partial charge in [-0.05, 0) is 56.0 Å². The molecule has 8 nitrogen and oxygen atoms in total. The first-order chi connectivity index (χ1) is 15.3. The minimum Gasteiger partial charge on any atom is -0.345 e. The fourth-order valence-electron chi connectivity index (χ4n) is 3.65. The van der Waals surface area contributed by atoms with E-state index in [1.54, 1.807) is 15.6 Å². The number of hydrogen-bond donors (Lipinski definition) is 1. The van der Waals surface area contributed by atoms with E-state index in [1.807, 2.05) is 57.2 Å². The van der Waals surface area contributed by atoms with Gasteiger partial charge in [-0.1, -0.05) is 38.1 Å². The van der Waals surface area contributed by atoms with E-state index in [0.29, 0.717) is 18.3 Å². The highest BCUT2D eigenvalue weighted by molar-refractivity contribution is 5.90. The molecule has 3 aromatic heterocycles. The van der Waals surface area contributed by atoms with Crippen LogP contribution in [0.15, 0.2) is 48.7 Å². The quantitative estimate of drug-likeness (QED) is 0.503. The molecular formula is C24H27N7O. The van der Waals surface area contributed by atoms with Gasteiger partial charge in [0, 0.05) is 18.4 Å². The molecule has 3 heterocycles. The molecule has 0 radical (unpaired) electrons. The van der Waals surface area contributed by atoms with Crippen LogP contribution in [0.4, 0.5) is 0 Å². The van der Waals surface area contributed by atoms with Gasteiger partial charge in [0.05, 0.1) is 11.4 Å². The number of benzene rings is 1. The first-order valence-electron chi connectivity index (χ1n) is 10.6. The Morgan fingerprint density at radius 3 is 2.47 bits per heavy atom. The number of aromatic nitrogens is 6. The lowest BCUT2D eigenvalue weighted by molar-refractivity contribution is 0.0940. The normalized spacial score (nSPS) is 11.2. The molecule has 0 bridgehead atoms. The van der Waals surface area contributed by atoms with Crippen molar-refractivity contribution in [2.24, 2.45) is 0 Å². The van der Waals surface area contributed by atoms with Gasteiger partial charge >= 0.3 is 0 Å². The van der Waals surface area contributed by atoms with Gasteiger partial charge in [0.15, 0.2) is 5.82 Å². The number of pyridine rings is 1. The summed E-state index contributed by atoms with van der Waals surface area (Å²) in [5.41, 5.74) is 4.94. The molecular weight excluding hydrogens is 402 g/mol. The first-order valence-corrected chi connectivity index (χ1v) is 10.6. The number of carbonyl (C=O) groups is 1. The Hall–Kier alpha value is -3.81. The summed E-state index contributed by atoms with van der Waals surface area (Å²) in [5, 5.41) is 11.8. The molecule has 8 heteroatoms. The van der Waals surface area contributed by atoms with E-state index < -0.39 is 0 Å². The lowest BCUT2D eigenvalue weighted by Crippen LogP contribution is -2.24. The van der Waals surface area contributed by atoms with Crippen molar-refractivity contribution in [1.29, 1.82) is 0 Å². The van der Waals surface area contributed by atoms with Gasteiger partial charge in [-0.15, -0.1) is 5.10 Å². The lowest BCUT2D eigenvalue weighted by atomic mass is 10.0. The Labute approximate surface area is 187 Å². The third-order valence-electron chi connectivity index (χ3n) is 5.25. The molecule has 0 saturated heterocycles. The molecule has 0 spiro atoms. The molecule has 0 aliphatic rings. The van der Waals surface area contributed by atoms with E-state index in [0.717, 1.165) is 34.0 Å². The summed E-state index contributed by atoms with van der Waals surface area (Å²) >= 11 is 0. The number of carbonyl (C=O) groups excluding carboxylic acids is 1. The van der Waals surface area contributed by atoms with E-state index in [-0.39, 0.29) is 11.7 Å². The van der Waals surface area contributed by atoms with Gasteiger partial charge < -0.3 is 5.32 Å². The van der Waals surface area contributed by atoms with E-state index in [1.165, 1.54) is 0 Å². The predicted octanol–water partition coefficient (Wildman–Crippen LogP) is 3.83. The lowest BCUT2D eigenvalue weighted by Gasteiger charge is -2.12. The molecule has 0 fully saturated rings. The minimum atomic E-state index is -0.323. The van der Waals surface area contributed by atoms with E-state index in [2.05, 4.69) is 45.4 Å². The third kappa shape index (κ3) is 4.30. The summed E-state index contributed by atoms with van der Waals surface area (Å²) in [6.07, 6.45) is 1.74. The van der Waals surface area contributed by atoms with Gasteiger partial charge in [0.25, 0.3) is 5.91 Å². The van der Waals surface area contributed by atoms with E-state index in [4.69, 9.17) is 0 Å². The minimum absolute atomic E-state index is 0.147. The Bertz CT molecular complexity index is 1250. The van der Waals surface area contributed by atoms with Crippen molar-refractivity contribution in [1.82, 2.24) is 34.8 Å². The molecule has 0 saturated carbocycles. The molecule has 1 N–H and O–H groups in total. The van der Waals surface area contributed by atoms with Crippen molar-refractivity contribution < 1.29 is 4.79 Å². The van der Waals surface area contributed by atoms with Crippen molar-refractivity contribution in [3.05, 3.63) is 82.8 Å². The number of amides is 1. The smallest absolute Gasteiger partial charge is 0.291 e. The van der Waals surface area contributed by atoms with Crippen molar-refractivity contribution in [2.45, 2.75) is 47.1 Å². The zero-order valence-corrected chi connectivity index (χ0v) is 19.0. The van der Waals surface area contributed by atoms with Crippen LogP contribution in [-0.2, 0) is 6.54 Å². The van der Waals surface area contributed by atoms with Gasteiger partial charge in [-0.25, -0.2) is 19.3 Å². The molecule has 0 atom stereocenters. The summed E-state index contributed by atoms with van der Waals surface area (Å²) in [4.78, 5) is 21.5. The van der Waals surface area contributed by atoms with Gasteiger partial charge in [0.1, 0.15) is 5.82 Å². The Morgan fingerprint density at radius 1 is 1.03 bits per heavy atom. The second-order valence-corrected chi connectivity index (χ2v) is 8.15. The van der Waals surface area contributed by atoms with Crippen molar-refractivity contribution >= 4 is 5.91 Å². The Balaban J connectivity index is 1.46. The van der Waals surface area contributed by atoms with Crippen LogP contribution in [0.2, 0.25) is 0 Å². The summed E-state index contributed by atoms with van der Waals surface area (Å²) < 4.78 is 3.53. The first kappa shape index (κ1) is 21.4. The number of para-hydroxylation sites is 1. The van der Waals surface area contributed by atoms with Crippen LogP contribution >= 0.6 is 0 Å². The molecule has 1 amide bonds. The Morgan fingerprint density at radius 2 is 1.81 bits per heavy atom. The van der Waals surface area contributed by atoms with Gasteiger partial charge in [-0.3, -0.25) is 4.79 Å². The highest BCUT2D eigenvalue weighted by atomic mass is 16.2. The molecule has 4 rings (SSSR count). The molecule has 4 aromatic rings. The highest BCUT2D eigenvalue weighted by Crippen LogP contribution is 2.23. The topological polar surface area (TPSA) is 90.5 Å². The third-order valence-corrected chi connectivity index (χ3v) is 5.25. The van der Waals surface area contributed by atoms with Crippen LogP contribution in [0.5, 0.6) is 0 Å². The second-order valence-electron chi connectivity index (χ2n) is 8.15. The summed E-state index contributed by atoms with van der Waals surface area (Å²) in [7, 11) is 0. The number of nitrogens with zero attached hydrogens (tertiary/aromatic N) is 6. The van der Waals surface area contributed by atoms with Crippen LogP contribution in [0, 0.1) is 20.8 Å². The van der Waals surface area contributed by atoms with Crippen LogP contribution in [0.3, 0.4) is 0 Å². The summed E-state index contributed by atoms with van der Waals surface area (Å²) in [6.45, 7) is 10.4. The SMILES string of the molecule is Cc1cc(C)n(-c2ccc(CNC(=O)c3nc(C)n(-c4ccccc4C(C)C)n3)cn2)n1. The average Bonchev–Trinajstić information content (AvgIpc) is 3.33. The van der Waals surface area contributed by atoms with Crippen molar-refractivity contribution in [2.75, 3.05) is 0 Å². The molecule has 0 aliphatic carbocycles. The molecule has 32 heavy (non-hydrogen) atoms. The zero-order valence-electron chi connectivity index (χ0n) is 19.0. The molecule has 0 aliphatic heterocycles. The van der Waals surface area contributed by atoms with Gasteiger partial charge in [0.2, 0.25) is 5.82 Å². The summed E-state index contributed by atoms with van der Waals surface area (Å²) in [6, 6.07) is 13.9. The molecule has 1 aromatic carbocycles. The van der Waals surface area contributed by atoms with Crippen LogP contribution in [0.25, 0.3) is 11.5 Å². The monoisotopic (exact) mass is 429 g/mol. The maximum Gasteiger partial charge on any atom is 0.291 e. The number of aryl methyl sites for hydroxylation is 3. The second kappa shape index (κ2) is 8.74. The average molecular weight is 430 g/mol. The van der Waals surface area contributed by atoms with Crippen LogP contribution in [0.1, 0.15) is 58.7 Å². The van der Waals surface area contributed by atoms with E-state index in [9.17, 15) is 4.79 Å². The van der Waals surface area contributed by atoms with Gasteiger partial charge in [-0.2, -0.15) is 5.10 Å². The van der Waals surface area contributed by atoms with Crippen LogP contribution in [-0.4, -0.2) is 35.4 Å². The Kier molecular flexibility index (Phi) is 5.85. The predicted molar refractivity (Wildman–Crippen MR) is 122 cm³/mol. The zero-order chi connectivity index (χ0) is 22.8. The highest BCUT2D eigenvalue weighted by Gasteiger charge is 2.17. The number of hydrogen-bond acceptors (Lipinski definition) is 5. The van der Waals surface area contributed by atoms with Crippen molar-refractivity contribution in [3.63, 3.8) is 0 Å². The summed E-state index contributed by atoms with van der Waals surface area (Å²) in [5.74, 6) is 1.56.